The lowest BCUT2D eigenvalue weighted by Crippen LogP contribution is -2.22. The second-order valence-corrected chi connectivity index (χ2v) is 5.14. The fourth-order valence-electron chi connectivity index (χ4n) is 2.93. The number of carboxylic acids is 1. The SMILES string of the molecule is O=C(O)c1nnn(C2CCC2)c1C1CCCC1. The zero-order chi connectivity index (χ0) is 11.8. The number of carboxylic acid groups (broad SMARTS) is 1. The molecule has 2 aliphatic rings. The molecule has 1 N–H and O–H groups in total. The molecular weight excluding hydrogens is 218 g/mol. The molecule has 0 aliphatic heterocycles. The average Bonchev–Trinajstić information content (AvgIpc) is 2.80. The molecule has 2 aliphatic carbocycles. The molecule has 1 aromatic rings. The molecular formula is C12H17N3O2. The minimum absolute atomic E-state index is 0.184. The van der Waals surface area contributed by atoms with Crippen molar-refractivity contribution in [2.75, 3.05) is 0 Å². The van der Waals surface area contributed by atoms with Crippen molar-refractivity contribution in [3.63, 3.8) is 0 Å². The molecule has 0 bridgehead atoms. The monoisotopic (exact) mass is 235 g/mol. The van der Waals surface area contributed by atoms with Crippen LogP contribution in [-0.2, 0) is 0 Å². The predicted octanol–water partition coefficient (Wildman–Crippen LogP) is 2.36. The minimum atomic E-state index is -0.933. The second kappa shape index (κ2) is 4.13. The number of aromatic carboxylic acids is 1. The van der Waals surface area contributed by atoms with Gasteiger partial charge in [-0.25, -0.2) is 9.48 Å². The standard InChI is InChI=1S/C12H17N3O2/c16-12(17)10-11(8-4-1-2-5-8)15(14-13-10)9-6-3-7-9/h8-9H,1-7H2,(H,16,17). The number of hydrogen-bond acceptors (Lipinski definition) is 3. The van der Waals surface area contributed by atoms with E-state index >= 15 is 0 Å². The Morgan fingerprint density at radius 1 is 1.18 bits per heavy atom. The summed E-state index contributed by atoms with van der Waals surface area (Å²) in [6, 6.07) is 0.395. The third kappa shape index (κ3) is 1.73. The Balaban J connectivity index is 1.99. The van der Waals surface area contributed by atoms with Crippen LogP contribution in [0.1, 0.15) is 73.1 Å². The van der Waals surface area contributed by atoms with E-state index in [9.17, 15) is 9.90 Å². The van der Waals surface area contributed by atoms with Gasteiger partial charge in [0.05, 0.1) is 11.7 Å². The van der Waals surface area contributed by atoms with Gasteiger partial charge in [-0.15, -0.1) is 5.10 Å². The minimum Gasteiger partial charge on any atom is -0.476 e. The van der Waals surface area contributed by atoms with Gasteiger partial charge in [-0.3, -0.25) is 0 Å². The Bertz CT molecular complexity index is 431. The van der Waals surface area contributed by atoms with E-state index in [1.165, 1.54) is 19.3 Å². The van der Waals surface area contributed by atoms with E-state index in [-0.39, 0.29) is 5.69 Å². The van der Waals surface area contributed by atoms with Crippen LogP contribution >= 0.6 is 0 Å². The summed E-state index contributed by atoms with van der Waals surface area (Å²) in [6.07, 6.45) is 8.00. The maximum Gasteiger partial charge on any atom is 0.358 e. The maximum atomic E-state index is 11.2. The molecule has 0 radical (unpaired) electrons. The van der Waals surface area contributed by atoms with E-state index in [2.05, 4.69) is 10.3 Å². The average molecular weight is 235 g/mol. The highest BCUT2D eigenvalue weighted by Crippen LogP contribution is 2.39. The Kier molecular flexibility index (Phi) is 2.61. The summed E-state index contributed by atoms with van der Waals surface area (Å²) < 4.78 is 1.91. The predicted molar refractivity (Wildman–Crippen MR) is 61.1 cm³/mol. The number of rotatable bonds is 3. The summed E-state index contributed by atoms with van der Waals surface area (Å²) in [5, 5.41) is 17.2. The van der Waals surface area contributed by atoms with Gasteiger partial charge in [0.25, 0.3) is 0 Å². The Morgan fingerprint density at radius 2 is 1.88 bits per heavy atom. The second-order valence-electron chi connectivity index (χ2n) is 5.14. The van der Waals surface area contributed by atoms with Crippen LogP contribution in [0.4, 0.5) is 0 Å². The molecule has 0 spiro atoms. The first kappa shape index (κ1) is 10.7. The van der Waals surface area contributed by atoms with E-state index < -0.39 is 5.97 Å². The van der Waals surface area contributed by atoms with E-state index in [4.69, 9.17) is 0 Å². The maximum absolute atomic E-state index is 11.2. The van der Waals surface area contributed by atoms with Crippen molar-refractivity contribution < 1.29 is 9.90 Å². The summed E-state index contributed by atoms with van der Waals surface area (Å²) in [4.78, 5) is 11.2. The quantitative estimate of drug-likeness (QED) is 0.873. The summed E-state index contributed by atoms with van der Waals surface area (Å²) >= 11 is 0. The molecule has 17 heavy (non-hydrogen) atoms. The Hall–Kier alpha value is -1.39. The summed E-state index contributed by atoms with van der Waals surface area (Å²) in [5.41, 5.74) is 1.07. The third-order valence-electron chi connectivity index (χ3n) is 4.10. The Morgan fingerprint density at radius 3 is 2.41 bits per heavy atom. The van der Waals surface area contributed by atoms with Crippen LogP contribution in [0.5, 0.6) is 0 Å². The van der Waals surface area contributed by atoms with Crippen molar-refractivity contribution in [1.82, 2.24) is 15.0 Å². The van der Waals surface area contributed by atoms with Crippen molar-refractivity contribution in [3.05, 3.63) is 11.4 Å². The van der Waals surface area contributed by atoms with Gasteiger partial charge in [-0.1, -0.05) is 18.1 Å². The molecule has 0 saturated heterocycles. The molecule has 0 amide bonds. The van der Waals surface area contributed by atoms with Gasteiger partial charge in [0.1, 0.15) is 0 Å². The third-order valence-corrected chi connectivity index (χ3v) is 4.10. The zero-order valence-electron chi connectivity index (χ0n) is 9.80. The molecule has 0 unspecified atom stereocenters. The summed E-state index contributed by atoms with van der Waals surface area (Å²) in [5.74, 6) is -0.575. The van der Waals surface area contributed by atoms with Gasteiger partial charge < -0.3 is 5.11 Å². The molecule has 2 fully saturated rings. The molecule has 3 rings (SSSR count). The van der Waals surface area contributed by atoms with Gasteiger partial charge in [-0.05, 0) is 32.1 Å². The Labute approximate surface area is 99.8 Å². The number of hydrogen-bond donors (Lipinski definition) is 1. The molecule has 0 aromatic carbocycles. The van der Waals surface area contributed by atoms with Crippen molar-refractivity contribution >= 4 is 5.97 Å². The van der Waals surface area contributed by atoms with Crippen LogP contribution in [-0.4, -0.2) is 26.1 Å². The summed E-state index contributed by atoms with van der Waals surface area (Å²) in [6.45, 7) is 0. The van der Waals surface area contributed by atoms with E-state index in [0.717, 1.165) is 31.4 Å². The lowest BCUT2D eigenvalue weighted by atomic mass is 9.91. The van der Waals surface area contributed by atoms with Crippen LogP contribution in [0.2, 0.25) is 0 Å². The molecule has 5 nitrogen and oxygen atoms in total. The van der Waals surface area contributed by atoms with E-state index in [1.54, 1.807) is 0 Å². The number of carbonyl (C=O) groups is 1. The molecule has 92 valence electrons. The highest BCUT2D eigenvalue weighted by molar-refractivity contribution is 5.86. The van der Waals surface area contributed by atoms with Crippen molar-refractivity contribution in [2.45, 2.75) is 56.9 Å². The van der Waals surface area contributed by atoms with Gasteiger partial charge in [0.15, 0.2) is 5.69 Å². The number of aromatic nitrogens is 3. The molecule has 0 atom stereocenters. The lowest BCUT2D eigenvalue weighted by Gasteiger charge is -2.28. The van der Waals surface area contributed by atoms with Crippen LogP contribution in [0.25, 0.3) is 0 Å². The first-order valence-electron chi connectivity index (χ1n) is 6.45. The molecule has 1 aromatic heterocycles. The van der Waals surface area contributed by atoms with Crippen molar-refractivity contribution in [3.8, 4) is 0 Å². The summed E-state index contributed by atoms with van der Waals surface area (Å²) in [7, 11) is 0. The largest absolute Gasteiger partial charge is 0.476 e. The fourth-order valence-corrected chi connectivity index (χ4v) is 2.93. The van der Waals surface area contributed by atoms with Gasteiger partial charge in [-0.2, -0.15) is 0 Å². The van der Waals surface area contributed by atoms with Gasteiger partial charge >= 0.3 is 5.97 Å². The molecule has 1 heterocycles. The van der Waals surface area contributed by atoms with Crippen LogP contribution in [0.15, 0.2) is 0 Å². The zero-order valence-corrected chi connectivity index (χ0v) is 9.80. The smallest absolute Gasteiger partial charge is 0.358 e. The van der Waals surface area contributed by atoms with E-state index in [1.807, 2.05) is 4.68 Å². The first-order valence-corrected chi connectivity index (χ1v) is 6.45. The van der Waals surface area contributed by atoms with Crippen LogP contribution < -0.4 is 0 Å². The molecule has 2 saturated carbocycles. The van der Waals surface area contributed by atoms with Crippen molar-refractivity contribution in [1.29, 1.82) is 0 Å². The highest BCUT2D eigenvalue weighted by Gasteiger charge is 2.32. The molecule has 5 heteroatoms. The number of nitrogens with zero attached hydrogens (tertiary/aromatic N) is 3. The van der Waals surface area contributed by atoms with Crippen LogP contribution in [0, 0.1) is 0 Å². The van der Waals surface area contributed by atoms with E-state index in [0.29, 0.717) is 12.0 Å². The highest BCUT2D eigenvalue weighted by atomic mass is 16.4. The van der Waals surface area contributed by atoms with Gasteiger partial charge in [0.2, 0.25) is 0 Å². The van der Waals surface area contributed by atoms with Gasteiger partial charge in [0, 0.05) is 5.92 Å². The normalized spacial score (nSPS) is 21.6. The lowest BCUT2D eigenvalue weighted by molar-refractivity contribution is 0.0688. The fraction of sp³-hybridized carbons (Fsp3) is 0.750. The first-order chi connectivity index (χ1) is 8.27. The topological polar surface area (TPSA) is 68.0 Å². The van der Waals surface area contributed by atoms with Crippen molar-refractivity contribution in [2.24, 2.45) is 0 Å². The van der Waals surface area contributed by atoms with Crippen LogP contribution in [0.3, 0.4) is 0 Å².